The van der Waals surface area contributed by atoms with Crippen LogP contribution >= 0.6 is 0 Å². The zero-order chi connectivity index (χ0) is 15.8. The van der Waals surface area contributed by atoms with E-state index in [4.69, 9.17) is 4.98 Å². The number of piperidine rings is 1. The Hall–Kier alpha value is -1.95. The number of amides is 1. The van der Waals surface area contributed by atoms with Gasteiger partial charge in [0.1, 0.15) is 5.82 Å². The van der Waals surface area contributed by atoms with Crippen LogP contribution in [-0.2, 0) is 11.8 Å². The average molecular weight is 313 g/mol. The molecule has 0 radical (unpaired) electrons. The number of hydrogen-bond donors (Lipinski definition) is 1. The van der Waals surface area contributed by atoms with Crippen LogP contribution in [0, 0.1) is 5.92 Å². The normalized spacial score (nSPS) is 25.2. The van der Waals surface area contributed by atoms with E-state index in [1.165, 1.54) is 0 Å². The van der Waals surface area contributed by atoms with Crippen molar-refractivity contribution in [1.29, 1.82) is 0 Å². The minimum Gasteiger partial charge on any atom is -0.342 e. The molecule has 1 N–H and O–H groups in total. The van der Waals surface area contributed by atoms with Gasteiger partial charge in [-0.3, -0.25) is 9.78 Å². The van der Waals surface area contributed by atoms with Gasteiger partial charge in [0.05, 0.1) is 23.1 Å². The molecular formula is C17H23N5O. The van der Waals surface area contributed by atoms with Crippen LogP contribution < -0.4 is 5.32 Å². The molecule has 6 nitrogen and oxygen atoms in total. The molecule has 2 aliphatic rings. The van der Waals surface area contributed by atoms with Crippen LogP contribution in [0.15, 0.2) is 18.5 Å². The number of carbonyl (C=O) groups excluding carboxylic acids is 1. The van der Waals surface area contributed by atoms with Crippen LogP contribution in [0.4, 0.5) is 0 Å². The average Bonchev–Trinajstić information content (AvgIpc) is 3.20. The van der Waals surface area contributed by atoms with Crippen LogP contribution in [0.1, 0.15) is 31.0 Å². The number of pyridine rings is 1. The molecule has 2 fully saturated rings. The van der Waals surface area contributed by atoms with Gasteiger partial charge >= 0.3 is 0 Å². The number of hydrogen-bond acceptors (Lipinski definition) is 4. The third-order valence-corrected chi connectivity index (χ3v) is 5.23. The van der Waals surface area contributed by atoms with Crippen molar-refractivity contribution in [1.82, 2.24) is 24.8 Å². The lowest BCUT2D eigenvalue weighted by Gasteiger charge is -2.26. The van der Waals surface area contributed by atoms with E-state index in [0.717, 1.165) is 62.3 Å². The number of carbonyl (C=O) groups is 1. The Bertz CT molecular complexity index is 719. The lowest BCUT2D eigenvalue weighted by molar-refractivity contribution is -0.135. The van der Waals surface area contributed by atoms with Crippen molar-refractivity contribution in [2.24, 2.45) is 13.0 Å². The molecule has 2 aromatic heterocycles. The Kier molecular flexibility index (Phi) is 3.77. The van der Waals surface area contributed by atoms with Gasteiger partial charge in [-0.2, -0.15) is 0 Å². The summed E-state index contributed by atoms with van der Waals surface area (Å²) in [6.45, 7) is 3.51. The van der Waals surface area contributed by atoms with Crippen molar-refractivity contribution in [3.63, 3.8) is 0 Å². The van der Waals surface area contributed by atoms with Gasteiger partial charge in [-0.1, -0.05) is 0 Å². The summed E-state index contributed by atoms with van der Waals surface area (Å²) < 4.78 is 2.13. The molecule has 4 rings (SSSR count). The fourth-order valence-corrected chi connectivity index (χ4v) is 3.91. The van der Waals surface area contributed by atoms with E-state index in [2.05, 4.69) is 14.9 Å². The van der Waals surface area contributed by atoms with Gasteiger partial charge in [-0.25, -0.2) is 4.98 Å². The zero-order valence-electron chi connectivity index (χ0n) is 13.5. The molecule has 2 aromatic rings. The summed E-state index contributed by atoms with van der Waals surface area (Å²) in [5.74, 6) is 1.88. The van der Waals surface area contributed by atoms with Crippen molar-refractivity contribution >= 4 is 16.9 Å². The smallest absolute Gasteiger partial charge is 0.226 e. The van der Waals surface area contributed by atoms with E-state index in [-0.39, 0.29) is 5.92 Å². The van der Waals surface area contributed by atoms with Gasteiger partial charge in [-0.15, -0.1) is 0 Å². The second-order valence-corrected chi connectivity index (χ2v) is 6.71. The molecule has 0 spiro atoms. The van der Waals surface area contributed by atoms with Gasteiger partial charge in [0.2, 0.25) is 5.91 Å². The van der Waals surface area contributed by atoms with Crippen molar-refractivity contribution in [2.45, 2.75) is 25.2 Å². The minimum absolute atomic E-state index is 0.159. The topological polar surface area (TPSA) is 63.1 Å². The van der Waals surface area contributed by atoms with Gasteiger partial charge in [0, 0.05) is 38.8 Å². The first-order valence-electron chi connectivity index (χ1n) is 8.50. The van der Waals surface area contributed by atoms with Gasteiger partial charge < -0.3 is 14.8 Å². The highest BCUT2D eigenvalue weighted by Crippen LogP contribution is 2.30. The number of imidazole rings is 1. The molecule has 0 aromatic carbocycles. The largest absolute Gasteiger partial charge is 0.342 e. The molecule has 23 heavy (non-hydrogen) atoms. The first-order chi connectivity index (χ1) is 11.2. The highest BCUT2D eigenvalue weighted by atomic mass is 16.2. The Morgan fingerprint density at radius 1 is 1.39 bits per heavy atom. The van der Waals surface area contributed by atoms with Crippen molar-refractivity contribution < 1.29 is 4.79 Å². The summed E-state index contributed by atoms with van der Waals surface area (Å²) in [5, 5.41) is 3.34. The zero-order valence-corrected chi connectivity index (χ0v) is 13.5. The minimum atomic E-state index is 0.159. The van der Waals surface area contributed by atoms with E-state index in [0.29, 0.717) is 11.8 Å². The maximum Gasteiger partial charge on any atom is 0.226 e. The molecule has 6 heteroatoms. The van der Waals surface area contributed by atoms with E-state index in [1.54, 1.807) is 6.20 Å². The van der Waals surface area contributed by atoms with E-state index in [9.17, 15) is 4.79 Å². The molecular weight excluding hydrogens is 290 g/mol. The molecule has 0 unspecified atom stereocenters. The standard InChI is InChI=1S/C17H23N5O/c1-21-15-10-19-7-4-14(15)20-16(21)13-5-8-22(11-13)17(23)12-3-2-6-18-9-12/h4,7,10,12-13,18H,2-3,5-6,8-9,11H2,1H3/t12-,13-/m1/s1. The predicted octanol–water partition coefficient (Wildman–Crippen LogP) is 1.28. The molecule has 2 aliphatic heterocycles. The first kappa shape index (κ1) is 14.6. The SMILES string of the molecule is Cn1c([C@@H]2CCN(C(=O)[C@@H]3CCCNC3)C2)nc2ccncc21. The summed E-state index contributed by atoms with van der Waals surface area (Å²) >= 11 is 0. The number of nitrogens with zero attached hydrogens (tertiary/aromatic N) is 4. The Morgan fingerprint density at radius 2 is 2.30 bits per heavy atom. The maximum atomic E-state index is 12.7. The molecule has 4 heterocycles. The first-order valence-corrected chi connectivity index (χ1v) is 8.50. The number of likely N-dealkylation sites (tertiary alicyclic amines) is 1. The molecule has 2 saturated heterocycles. The van der Waals surface area contributed by atoms with Crippen LogP contribution in [-0.4, -0.2) is 51.5 Å². The summed E-state index contributed by atoms with van der Waals surface area (Å²) in [6.07, 6.45) is 6.75. The molecule has 0 bridgehead atoms. The quantitative estimate of drug-likeness (QED) is 0.907. The highest BCUT2D eigenvalue weighted by molar-refractivity contribution is 5.79. The lowest BCUT2D eigenvalue weighted by atomic mass is 9.98. The van der Waals surface area contributed by atoms with Gasteiger partial charge in [0.15, 0.2) is 0 Å². The number of rotatable bonds is 2. The number of aromatic nitrogens is 3. The second kappa shape index (κ2) is 5.92. The molecule has 1 amide bonds. The Labute approximate surface area is 135 Å². The predicted molar refractivity (Wildman–Crippen MR) is 88.0 cm³/mol. The third kappa shape index (κ3) is 2.61. The maximum absolute atomic E-state index is 12.7. The van der Waals surface area contributed by atoms with E-state index >= 15 is 0 Å². The molecule has 0 aliphatic carbocycles. The summed E-state index contributed by atoms with van der Waals surface area (Å²) in [5.41, 5.74) is 2.04. The fraction of sp³-hybridized carbons (Fsp3) is 0.588. The van der Waals surface area contributed by atoms with Gasteiger partial charge in [-0.05, 0) is 31.9 Å². The van der Waals surface area contributed by atoms with E-state index < -0.39 is 0 Å². The Morgan fingerprint density at radius 3 is 3.09 bits per heavy atom. The van der Waals surface area contributed by atoms with Crippen LogP contribution in [0.25, 0.3) is 11.0 Å². The van der Waals surface area contributed by atoms with E-state index in [1.807, 2.05) is 24.2 Å². The van der Waals surface area contributed by atoms with Crippen LogP contribution in [0.3, 0.4) is 0 Å². The number of nitrogens with one attached hydrogen (secondary N) is 1. The summed E-state index contributed by atoms with van der Waals surface area (Å²) in [4.78, 5) is 23.7. The summed E-state index contributed by atoms with van der Waals surface area (Å²) in [7, 11) is 2.04. The highest BCUT2D eigenvalue weighted by Gasteiger charge is 2.33. The monoisotopic (exact) mass is 313 g/mol. The summed E-state index contributed by atoms with van der Waals surface area (Å²) in [6, 6.07) is 1.95. The molecule has 122 valence electrons. The Balaban J connectivity index is 1.51. The van der Waals surface area contributed by atoms with Crippen LogP contribution in [0.5, 0.6) is 0 Å². The van der Waals surface area contributed by atoms with Crippen LogP contribution in [0.2, 0.25) is 0 Å². The fourth-order valence-electron chi connectivity index (χ4n) is 3.91. The van der Waals surface area contributed by atoms with Crippen molar-refractivity contribution in [2.75, 3.05) is 26.2 Å². The molecule has 0 saturated carbocycles. The number of aryl methyl sites for hydroxylation is 1. The van der Waals surface area contributed by atoms with Crippen molar-refractivity contribution in [3.05, 3.63) is 24.3 Å². The van der Waals surface area contributed by atoms with Crippen molar-refractivity contribution in [3.8, 4) is 0 Å². The number of fused-ring (bicyclic) bond motifs is 1. The lowest BCUT2D eigenvalue weighted by Crippen LogP contribution is -2.42. The van der Waals surface area contributed by atoms with Gasteiger partial charge in [0.25, 0.3) is 0 Å². The second-order valence-electron chi connectivity index (χ2n) is 6.71. The third-order valence-electron chi connectivity index (χ3n) is 5.23. The molecule has 2 atom stereocenters.